The predicted molar refractivity (Wildman–Crippen MR) is 212 cm³/mol. The van der Waals surface area contributed by atoms with E-state index in [4.69, 9.17) is 10.7 Å². The summed E-state index contributed by atoms with van der Waals surface area (Å²) in [6.45, 7) is 0. The number of para-hydroxylation sites is 1. The van der Waals surface area contributed by atoms with Crippen molar-refractivity contribution in [3.63, 3.8) is 0 Å². The van der Waals surface area contributed by atoms with Crippen LogP contribution in [-0.2, 0) is 0 Å². The van der Waals surface area contributed by atoms with Crippen molar-refractivity contribution in [1.29, 1.82) is 0 Å². The second-order valence-corrected chi connectivity index (χ2v) is 13.7. The van der Waals surface area contributed by atoms with Crippen LogP contribution in [0.2, 0.25) is 0 Å². The molecule has 2 unspecified atom stereocenters. The van der Waals surface area contributed by atoms with Crippen molar-refractivity contribution < 1.29 is 0 Å². The first-order valence-corrected chi connectivity index (χ1v) is 17.7. The van der Waals surface area contributed by atoms with E-state index in [1.807, 2.05) is 41.8 Å². The predicted octanol–water partition coefficient (Wildman–Crippen LogP) is 11.2. The number of aromatic nitrogens is 1. The highest BCUT2D eigenvalue weighted by atomic mass is 32.1. The number of hydrogen-bond donors (Lipinski definition) is 2. The van der Waals surface area contributed by atoms with Crippen LogP contribution in [0.3, 0.4) is 0 Å². The van der Waals surface area contributed by atoms with Crippen LogP contribution in [0.5, 0.6) is 0 Å². The van der Waals surface area contributed by atoms with Crippen LogP contribution in [-0.4, -0.2) is 10.8 Å². The van der Waals surface area contributed by atoms with Gasteiger partial charge in [-0.25, -0.2) is 0 Å². The summed E-state index contributed by atoms with van der Waals surface area (Å²) in [6.07, 6.45) is 1.08. The summed E-state index contributed by atoms with van der Waals surface area (Å²) in [7, 11) is 0. The first-order valence-electron chi connectivity index (χ1n) is 16.9. The van der Waals surface area contributed by atoms with Crippen LogP contribution in [0.25, 0.3) is 58.8 Å². The van der Waals surface area contributed by atoms with Gasteiger partial charge in [0.25, 0.3) is 0 Å². The molecule has 0 fully saturated rings. The molecule has 0 aliphatic heterocycles. The highest BCUT2D eigenvalue weighted by Crippen LogP contribution is 2.43. The second-order valence-electron chi connectivity index (χ2n) is 12.6. The van der Waals surface area contributed by atoms with Crippen molar-refractivity contribution >= 4 is 59.5 Å². The molecule has 2 aromatic heterocycles. The SMILES string of the molecule is NC(NC(N=Cc1ccccc1)c1cccc(-n2c3ccccc3c3ccc4c5ccccc5sc4c32)c1)c1cccc(-c2ccccc2)c1. The molecular formula is C45H34N4S. The average Bonchev–Trinajstić information content (AvgIpc) is 3.73. The van der Waals surface area contributed by atoms with Crippen molar-refractivity contribution in [3.05, 3.63) is 187 Å². The summed E-state index contributed by atoms with van der Waals surface area (Å²) in [5.74, 6) is 0. The molecule has 2 atom stereocenters. The average molecular weight is 663 g/mol. The van der Waals surface area contributed by atoms with Crippen LogP contribution in [0.15, 0.2) is 175 Å². The van der Waals surface area contributed by atoms with Crippen molar-refractivity contribution in [2.45, 2.75) is 12.3 Å². The van der Waals surface area contributed by atoms with Crippen molar-refractivity contribution in [2.24, 2.45) is 10.7 Å². The minimum Gasteiger partial charge on any atom is -0.312 e. The monoisotopic (exact) mass is 662 g/mol. The minimum absolute atomic E-state index is 0.400. The number of nitrogens with one attached hydrogen (secondary N) is 1. The zero-order chi connectivity index (χ0) is 33.4. The van der Waals surface area contributed by atoms with Crippen molar-refractivity contribution in [2.75, 3.05) is 0 Å². The molecule has 9 aromatic rings. The summed E-state index contributed by atoms with van der Waals surface area (Å²) in [6, 6.07) is 59.7. The smallest absolute Gasteiger partial charge is 0.127 e. The number of nitrogens with two attached hydrogens (primary N) is 1. The third kappa shape index (κ3) is 5.48. The standard InChI is InChI=1S/C45H34N4S/c46-44(33-18-11-17-32(27-33)31-15-5-2-6-16-31)48-45(47-29-30-13-3-1-4-14-30)34-19-12-20-35(28-34)49-40-23-9-7-21-36(40)38-25-26-39-37-22-8-10-24-41(37)50-43(39)42(38)49/h1-29,44-45,48H,46H2. The lowest BCUT2D eigenvalue weighted by molar-refractivity contribution is 0.467. The van der Waals surface area contributed by atoms with E-state index in [1.54, 1.807) is 0 Å². The third-order valence-electron chi connectivity index (χ3n) is 9.49. The van der Waals surface area contributed by atoms with Gasteiger partial charge in [0.2, 0.25) is 0 Å². The van der Waals surface area contributed by atoms with Crippen LogP contribution in [0, 0.1) is 0 Å². The molecule has 240 valence electrons. The molecule has 0 radical (unpaired) electrons. The number of benzene rings is 7. The van der Waals surface area contributed by atoms with Gasteiger partial charge in [-0.05, 0) is 58.1 Å². The van der Waals surface area contributed by atoms with Crippen LogP contribution in [0.1, 0.15) is 29.0 Å². The largest absolute Gasteiger partial charge is 0.312 e. The van der Waals surface area contributed by atoms with E-state index in [0.717, 1.165) is 33.5 Å². The van der Waals surface area contributed by atoms with Gasteiger partial charge in [-0.1, -0.05) is 140 Å². The summed E-state index contributed by atoms with van der Waals surface area (Å²) in [5.41, 5.74) is 15.8. The Hall–Kier alpha value is -5.85. The Morgan fingerprint density at radius 3 is 2.12 bits per heavy atom. The summed E-state index contributed by atoms with van der Waals surface area (Å²) in [5, 5.41) is 8.74. The number of aliphatic imine (C=N–C) groups is 1. The Labute approximate surface area is 294 Å². The quantitative estimate of drug-likeness (QED) is 0.126. The topological polar surface area (TPSA) is 55.3 Å². The van der Waals surface area contributed by atoms with Crippen molar-refractivity contribution in [1.82, 2.24) is 9.88 Å². The molecule has 0 bridgehead atoms. The van der Waals surface area contributed by atoms with E-state index in [2.05, 4.69) is 155 Å². The van der Waals surface area contributed by atoms with Gasteiger partial charge in [-0.15, -0.1) is 11.3 Å². The molecule has 7 aromatic carbocycles. The van der Waals surface area contributed by atoms with Gasteiger partial charge in [0.05, 0.1) is 21.9 Å². The number of fused-ring (bicyclic) bond motifs is 7. The van der Waals surface area contributed by atoms with Gasteiger partial charge >= 0.3 is 0 Å². The van der Waals surface area contributed by atoms with Gasteiger partial charge in [-0.3, -0.25) is 10.3 Å². The Kier molecular flexibility index (Phi) is 7.79. The van der Waals surface area contributed by atoms with Crippen LogP contribution in [0.4, 0.5) is 0 Å². The van der Waals surface area contributed by atoms with E-state index in [-0.39, 0.29) is 0 Å². The lowest BCUT2D eigenvalue weighted by atomic mass is 10.0. The molecule has 50 heavy (non-hydrogen) atoms. The van der Waals surface area contributed by atoms with Gasteiger partial charge in [0.15, 0.2) is 0 Å². The Morgan fingerprint density at radius 2 is 1.26 bits per heavy atom. The molecule has 0 saturated carbocycles. The van der Waals surface area contributed by atoms with Crippen LogP contribution >= 0.6 is 11.3 Å². The maximum atomic E-state index is 6.94. The first-order chi connectivity index (χ1) is 24.7. The first kappa shape index (κ1) is 30.2. The molecule has 0 amide bonds. The third-order valence-corrected chi connectivity index (χ3v) is 10.7. The fourth-order valence-electron chi connectivity index (χ4n) is 7.07. The normalized spacial score (nSPS) is 13.1. The summed E-state index contributed by atoms with van der Waals surface area (Å²) in [4.78, 5) is 5.11. The number of hydrogen-bond acceptors (Lipinski definition) is 4. The number of thiophene rings is 1. The molecule has 4 nitrogen and oxygen atoms in total. The van der Waals surface area contributed by atoms with Gasteiger partial charge in [0, 0.05) is 38.1 Å². The number of rotatable bonds is 8. The van der Waals surface area contributed by atoms with Crippen LogP contribution < -0.4 is 11.1 Å². The molecule has 0 saturated heterocycles. The maximum absolute atomic E-state index is 6.94. The van der Waals surface area contributed by atoms with E-state index < -0.39 is 12.3 Å². The lowest BCUT2D eigenvalue weighted by Gasteiger charge is -2.22. The highest BCUT2D eigenvalue weighted by molar-refractivity contribution is 7.26. The van der Waals surface area contributed by atoms with Gasteiger partial charge in [0.1, 0.15) is 6.17 Å². The Balaban J connectivity index is 1.17. The minimum atomic E-state index is -0.452. The fourth-order valence-corrected chi connectivity index (χ4v) is 8.31. The molecule has 2 heterocycles. The van der Waals surface area contributed by atoms with Crippen molar-refractivity contribution in [3.8, 4) is 16.8 Å². The molecule has 3 N–H and O–H groups in total. The highest BCUT2D eigenvalue weighted by Gasteiger charge is 2.20. The Morgan fingerprint density at radius 1 is 0.580 bits per heavy atom. The fraction of sp³-hybridized carbons (Fsp3) is 0.0444. The molecule has 0 aliphatic carbocycles. The van der Waals surface area contributed by atoms with Gasteiger partial charge in [-0.2, -0.15) is 0 Å². The second kappa shape index (κ2) is 12.9. The molecule has 0 spiro atoms. The summed E-state index contributed by atoms with van der Waals surface area (Å²) >= 11 is 1.86. The molecule has 9 rings (SSSR count). The van der Waals surface area contributed by atoms with E-state index in [0.29, 0.717) is 0 Å². The number of nitrogens with zero attached hydrogens (tertiary/aromatic N) is 2. The van der Waals surface area contributed by atoms with E-state index in [9.17, 15) is 0 Å². The molecule has 0 aliphatic rings. The van der Waals surface area contributed by atoms with E-state index >= 15 is 0 Å². The zero-order valence-corrected chi connectivity index (χ0v) is 28.1. The maximum Gasteiger partial charge on any atom is 0.127 e. The Bertz CT molecular complexity index is 2650. The van der Waals surface area contributed by atoms with E-state index in [1.165, 1.54) is 42.0 Å². The zero-order valence-electron chi connectivity index (χ0n) is 27.3. The van der Waals surface area contributed by atoms with Gasteiger partial charge < -0.3 is 10.3 Å². The molecular weight excluding hydrogens is 629 g/mol. The lowest BCUT2D eigenvalue weighted by Crippen LogP contribution is -2.31. The molecule has 5 heteroatoms. The summed E-state index contributed by atoms with van der Waals surface area (Å²) < 4.78 is 5.01.